The van der Waals surface area contributed by atoms with Crippen LogP contribution in [0.5, 0.6) is 11.5 Å². The first-order chi connectivity index (χ1) is 12.0. The second-order valence-electron chi connectivity index (χ2n) is 5.90. The zero-order chi connectivity index (χ0) is 18.0. The number of aliphatic hydroxyl groups excluding tert-OH is 2. The van der Waals surface area contributed by atoms with Gasteiger partial charge in [0.15, 0.2) is 6.39 Å². The summed E-state index contributed by atoms with van der Waals surface area (Å²) in [6.45, 7) is 1.65. The van der Waals surface area contributed by atoms with Gasteiger partial charge in [-0.25, -0.2) is 4.98 Å². The summed E-state index contributed by atoms with van der Waals surface area (Å²) in [4.78, 5) is 16.0. The van der Waals surface area contributed by atoms with Gasteiger partial charge in [-0.15, -0.1) is 0 Å². The van der Waals surface area contributed by atoms with Crippen molar-refractivity contribution in [1.82, 2.24) is 10.3 Å². The van der Waals surface area contributed by atoms with Crippen molar-refractivity contribution in [3.05, 3.63) is 42.1 Å². The predicted molar refractivity (Wildman–Crippen MR) is 86.5 cm³/mol. The third-order valence-corrected chi connectivity index (χ3v) is 4.23. The Morgan fingerprint density at radius 3 is 2.76 bits per heavy atom. The minimum atomic E-state index is -1.15. The van der Waals surface area contributed by atoms with E-state index in [9.17, 15) is 15.0 Å². The number of hydrogen-bond acceptors (Lipinski definition) is 7. The number of benzene rings is 1. The Kier molecular flexibility index (Phi) is 4.91. The Balaban J connectivity index is 1.66. The molecule has 134 valence electrons. The second-order valence-corrected chi connectivity index (χ2v) is 5.90. The molecule has 4 atom stereocenters. The summed E-state index contributed by atoms with van der Waals surface area (Å²) in [7, 11) is 1.55. The van der Waals surface area contributed by atoms with Crippen molar-refractivity contribution in [3.8, 4) is 11.5 Å². The van der Waals surface area contributed by atoms with E-state index in [1.807, 2.05) is 0 Å². The number of rotatable bonds is 5. The SMILES string of the molecule is COc1cccc(O[C@@H]2C[C@@H](NC(=O)c3ocnc3C)[C@H](O)[C@H]2O)c1. The van der Waals surface area contributed by atoms with Crippen molar-refractivity contribution in [1.29, 1.82) is 0 Å². The molecule has 1 aromatic carbocycles. The van der Waals surface area contributed by atoms with Crippen LogP contribution in [0.3, 0.4) is 0 Å². The molecule has 8 nitrogen and oxygen atoms in total. The third-order valence-electron chi connectivity index (χ3n) is 4.23. The maximum atomic E-state index is 12.2. The van der Waals surface area contributed by atoms with E-state index in [4.69, 9.17) is 13.9 Å². The molecule has 1 fully saturated rings. The van der Waals surface area contributed by atoms with Gasteiger partial charge in [-0.3, -0.25) is 4.79 Å². The van der Waals surface area contributed by atoms with Crippen molar-refractivity contribution in [2.45, 2.75) is 37.7 Å². The minimum absolute atomic E-state index is 0.0823. The number of carbonyl (C=O) groups excluding carboxylic acids is 1. The maximum absolute atomic E-state index is 12.2. The first kappa shape index (κ1) is 17.2. The molecule has 0 unspecified atom stereocenters. The Hall–Kier alpha value is -2.58. The van der Waals surface area contributed by atoms with Crippen LogP contribution in [0.2, 0.25) is 0 Å². The number of aliphatic hydroxyl groups is 2. The third kappa shape index (κ3) is 3.59. The maximum Gasteiger partial charge on any atom is 0.289 e. The Labute approximate surface area is 144 Å². The fourth-order valence-electron chi connectivity index (χ4n) is 2.85. The molecule has 8 heteroatoms. The number of amides is 1. The molecule has 1 aromatic heterocycles. The van der Waals surface area contributed by atoms with Crippen molar-refractivity contribution in [2.24, 2.45) is 0 Å². The molecule has 1 amide bonds. The normalized spacial score (nSPS) is 25.6. The molecule has 0 spiro atoms. The summed E-state index contributed by atoms with van der Waals surface area (Å²) in [6, 6.07) is 6.28. The van der Waals surface area contributed by atoms with Gasteiger partial charge < -0.3 is 29.4 Å². The van der Waals surface area contributed by atoms with Crippen LogP contribution in [-0.2, 0) is 0 Å². The van der Waals surface area contributed by atoms with E-state index in [0.29, 0.717) is 17.2 Å². The number of oxazole rings is 1. The van der Waals surface area contributed by atoms with Gasteiger partial charge in [-0.05, 0) is 19.1 Å². The van der Waals surface area contributed by atoms with Crippen molar-refractivity contribution >= 4 is 5.91 Å². The van der Waals surface area contributed by atoms with E-state index < -0.39 is 30.3 Å². The van der Waals surface area contributed by atoms with E-state index in [1.165, 1.54) is 6.39 Å². The van der Waals surface area contributed by atoms with Crippen LogP contribution in [0.25, 0.3) is 0 Å². The first-order valence-corrected chi connectivity index (χ1v) is 7.87. The monoisotopic (exact) mass is 348 g/mol. The highest BCUT2D eigenvalue weighted by molar-refractivity contribution is 5.92. The number of aromatic nitrogens is 1. The summed E-state index contributed by atoms with van der Waals surface area (Å²) in [6.07, 6.45) is -1.52. The number of ether oxygens (including phenoxy) is 2. The zero-order valence-electron chi connectivity index (χ0n) is 13.9. The number of carbonyl (C=O) groups is 1. The summed E-state index contributed by atoms with van der Waals surface area (Å²) >= 11 is 0. The smallest absolute Gasteiger partial charge is 0.289 e. The molecular weight excluding hydrogens is 328 g/mol. The number of nitrogens with one attached hydrogen (secondary N) is 1. The standard InChI is InChI=1S/C17H20N2O6/c1-9-16(24-8-18-9)17(22)19-12-7-13(15(21)14(12)20)25-11-5-3-4-10(6-11)23-2/h3-6,8,12-15,20-21H,7H2,1-2H3,(H,19,22)/t12-,13-,14+,15+/m1/s1. The summed E-state index contributed by atoms with van der Waals surface area (Å²) in [5.74, 6) is 0.719. The molecule has 3 N–H and O–H groups in total. The van der Waals surface area contributed by atoms with E-state index in [2.05, 4.69) is 10.3 Å². The van der Waals surface area contributed by atoms with Gasteiger partial charge in [0, 0.05) is 12.5 Å². The highest BCUT2D eigenvalue weighted by atomic mass is 16.5. The molecule has 3 rings (SSSR count). The summed E-state index contributed by atoms with van der Waals surface area (Å²) in [5.41, 5.74) is 0.453. The van der Waals surface area contributed by atoms with Crippen LogP contribution in [0.4, 0.5) is 0 Å². The fourth-order valence-corrected chi connectivity index (χ4v) is 2.85. The molecule has 2 aromatic rings. The van der Waals surface area contributed by atoms with Crippen molar-refractivity contribution < 1.29 is 28.9 Å². The summed E-state index contributed by atoms with van der Waals surface area (Å²) in [5, 5.41) is 23.1. The van der Waals surface area contributed by atoms with Gasteiger partial charge in [0.2, 0.25) is 5.76 Å². The topological polar surface area (TPSA) is 114 Å². The van der Waals surface area contributed by atoms with Crippen LogP contribution in [-0.4, -0.2) is 52.6 Å². The largest absolute Gasteiger partial charge is 0.497 e. The molecule has 0 radical (unpaired) electrons. The average molecular weight is 348 g/mol. The Morgan fingerprint density at radius 1 is 1.32 bits per heavy atom. The van der Waals surface area contributed by atoms with Crippen LogP contribution in [0, 0.1) is 6.92 Å². The van der Waals surface area contributed by atoms with Crippen LogP contribution < -0.4 is 14.8 Å². The van der Waals surface area contributed by atoms with Crippen LogP contribution in [0.15, 0.2) is 35.1 Å². The van der Waals surface area contributed by atoms with E-state index >= 15 is 0 Å². The summed E-state index contributed by atoms with van der Waals surface area (Å²) < 4.78 is 15.9. The highest BCUT2D eigenvalue weighted by Crippen LogP contribution is 2.28. The lowest BCUT2D eigenvalue weighted by Crippen LogP contribution is -2.43. The molecule has 0 saturated heterocycles. The van der Waals surface area contributed by atoms with Crippen molar-refractivity contribution in [3.63, 3.8) is 0 Å². The molecule has 0 bridgehead atoms. The van der Waals surface area contributed by atoms with Gasteiger partial charge in [-0.2, -0.15) is 0 Å². The lowest BCUT2D eigenvalue weighted by atomic mass is 10.2. The molecule has 25 heavy (non-hydrogen) atoms. The predicted octanol–water partition coefficient (Wildman–Crippen LogP) is 0.663. The van der Waals surface area contributed by atoms with Gasteiger partial charge in [-0.1, -0.05) is 6.07 Å². The first-order valence-electron chi connectivity index (χ1n) is 7.87. The molecule has 1 aliphatic rings. The molecule has 1 saturated carbocycles. The number of hydrogen-bond donors (Lipinski definition) is 3. The Morgan fingerprint density at radius 2 is 2.08 bits per heavy atom. The average Bonchev–Trinajstić information content (AvgIpc) is 3.14. The zero-order valence-corrected chi connectivity index (χ0v) is 13.9. The lowest BCUT2D eigenvalue weighted by Gasteiger charge is -2.18. The molecular formula is C17H20N2O6. The highest BCUT2D eigenvalue weighted by Gasteiger charge is 2.44. The molecule has 0 aliphatic heterocycles. The van der Waals surface area contributed by atoms with E-state index in [0.717, 1.165) is 0 Å². The van der Waals surface area contributed by atoms with Gasteiger partial charge in [0.1, 0.15) is 29.8 Å². The quantitative estimate of drug-likeness (QED) is 0.727. The Bertz CT molecular complexity index is 746. The van der Waals surface area contributed by atoms with E-state index in [-0.39, 0.29) is 12.2 Å². The van der Waals surface area contributed by atoms with Crippen molar-refractivity contribution in [2.75, 3.05) is 7.11 Å². The van der Waals surface area contributed by atoms with E-state index in [1.54, 1.807) is 38.3 Å². The number of nitrogens with zero attached hydrogens (tertiary/aromatic N) is 1. The number of aryl methyl sites for hydroxylation is 1. The van der Waals surface area contributed by atoms with Gasteiger partial charge >= 0.3 is 0 Å². The minimum Gasteiger partial charge on any atom is -0.497 e. The number of methoxy groups -OCH3 is 1. The van der Waals surface area contributed by atoms with Gasteiger partial charge in [0.05, 0.1) is 18.8 Å². The van der Waals surface area contributed by atoms with Gasteiger partial charge in [0.25, 0.3) is 5.91 Å². The fraction of sp³-hybridized carbons (Fsp3) is 0.412. The second kappa shape index (κ2) is 7.12. The van der Waals surface area contributed by atoms with Crippen LogP contribution >= 0.6 is 0 Å². The molecule has 1 aliphatic carbocycles. The lowest BCUT2D eigenvalue weighted by molar-refractivity contribution is -0.0136. The van der Waals surface area contributed by atoms with Crippen LogP contribution in [0.1, 0.15) is 22.7 Å². The molecule has 1 heterocycles.